The molecule has 0 radical (unpaired) electrons. The molecule has 1 heterocycles. The van der Waals surface area contributed by atoms with Crippen LogP contribution in [0.15, 0.2) is 30.3 Å². The van der Waals surface area contributed by atoms with Crippen LogP contribution < -0.4 is 5.32 Å². The molecular formula is C18H24N2O2. The van der Waals surface area contributed by atoms with Crippen LogP contribution in [0.1, 0.15) is 37.7 Å². The summed E-state index contributed by atoms with van der Waals surface area (Å²) in [4.78, 5) is 26.0. The number of hydrogen-bond donors (Lipinski definition) is 1. The monoisotopic (exact) mass is 300 g/mol. The van der Waals surface area contributed by atoms with E-state index in [0.29, 0.717) is 18.2 Å². The number of nitrogens with one attached hydrogen (secondary N) is 1. The molecule has 2 amide bonds. The number of rotatable bonds is 5. The van der Waals surface area contributed by atoms with Gasteiger partial charge in [-0.2, -0.15) is 0 Å². The van der Waals surface area contributed by atoms with E-state index in [1.54, 1.807) is 0 Å². The van der Waals surface area contributed by atoms with E-state index in [-0.39, 0.29) is 11.9 Å². The lowest BCUT2D eigenvalue weighted by atomic mass is 10.0. The standard InChI is InChI=1S/C18H24N2O2/c21-17(9-6-14-4-2-1-3-5-14)19-16-10-12-20(13-11-16)18(22)15-7-8-15/h1-5,15-16H,6-13H2,(H,19,21). The van der Waals surface area contributed by atoms with E-state index in [9.17, 15) is 9.59 Å². The molecule has 1 aromatic rings. The fraction of sp³-hybridized carbons (Fsp3) is 0.556. The second-order valence-electron chi connectivity index (χ2n) is 6.43. The topological polar surface area (TPSA) is 49.4 Å². The maximum atomic E-state index is 12.0. The molecule has 4 heteroatoms. The number of hydrogen-bond acceptors (Lipinski definition) is 2. The van der Waals surface area contributed by atoms with Gasteiger partial charge >= 0.3 is 0 Å². The Balaban J connectivity index is 1.37. The summed E-state index contributed by atoms with van der Waals surface area (Å²) >= 11 is 0. The molecule has 4 nitrogen and oxygen atoms in total. The van der Waals surface area contributed by atoms with Crippen molar-refractivity contribution in [3.63, 3.8) is 0 Å². The highest BCUT2D eigenvalue weighted by molar-refractivity contribution is 5.81. The molecular weight excluding hydrogens is 276 g/mol. The van der Waals surface area contributed by atoms with E-state index in [4.69, 9.17) is 0 Å². The third kappa shape index (κ3) is 4.09. The van der Waals surface area contributed by atoms with Gasteiger partial charge in [0.15, 0.2) is 0 Å². The first-order valence-electron chi connectivity index (χ1n) is 8.34. The summed E-state index contributed by atoms with van der Waals surface area (Å²) in [6, 6.07) is 10.3. The molecule has 118 valence electrons. The fourth-order valence-electron chi connectivity index (χ4n) is 3.04. The lowest BCUT2D eigenvalue weighted by Gasteiger charge is -2.32. The van der Waals surface area contributed by atoms with Gasteiger partial charge < -0.3 is 10.2 Å². The molecule has 0 spiro atoms. The number of carbonyl (C=O) groups is 2. The predicted octanol–water partition coefficient (Wildman–Crippen LogP) is 2.14. The average molecular weight is 300 g/mol. The van der Waals surface area contributed by atoms with Gasteiger partial charge in [-0.05, 0) is 37.7 Å². The Morgan fingerprint density at radius 1 is 1.05 bits per heavy atom. The van der Waals surface area contributed by atoms with Crippen LogP contribution in [0.4, 0.5) is 0 Å². The molecule has 1 aliphatic heterocycles. The Kier molecular flexibility index (Phi) is 4.76. The van der Waals surface area contributed by atoms with Gasteiger partial charge in [0.1, 0.15) is 0 Å². The number of amides is 2. The van der Waals surface area contributed by atoms with Crippen molar-refractivity contribution in [1.29, 1.82) is 0 Å². The minimum Gasteiger partial charge on any atom is -0.353 e. The molecule has 3 rings (SSSR count). The molecule has 1 saturated heterocycles. The molecule has 2 aliphatic rings. The lowest BCUT2D eigenvalue weighted by molar-refractivity contribution is -0.133. The van der Waals surface area contributed by atoms with Crippen LogP contribution in [0.25, 0.3) is 0 Å². The number of carbonyl (C=O) groups excluding carboxylic acids is 2. The molecule has 1 aromatic carbocycles. The predicted molar refractivity (Wildman–Crippen MR) is 85.2 cm³/mol. The van der Waals surface area contributed by atoms with Crippen molar-refractivity contribution in [2.45, 2.75) is 44.6 Å². The molecule has 22 heavy (non-hydrogen) atoms. The molecule has 0 aromatic heterocycles. The largest absolute Gasteiger partial charge is 0.353 e. The normalized spacial score (nSPS) is 19.0. The van der Waals surface area contributed by atoms with Crippen molar-refractivity contribution >= 4 is 11.8 Å². The van der Waals surface area contributed by atoms with Gasteiger partial charge in [-0.15, -0.1) is 0 Å². The Morgan fingerprint density at radius 3 is 2.36 bits per heavy atom. The van der Waals surface area contributed by atoms with Crippen LogP contribution in [-0.2, 0) is 16.0 Å². The number of benzene rings is 1. The summed E-state index contributed by atoms with van der Waals surface area (Å²) < 4.78 is 0. The van der Waals surface area contributed by atoms with Gasteiger partial charge in [0, 0.05) is 31.5 Å². The molecule has 0 unspecified atom stereocenters. The van der Waals surface area contributed by atoms with E-state index in [0.717, 1.165) is 45.2 Å². The van der Waals surface area contributed by atoms with Crippen LogP contribution in [-0.4, -0.2) is 35.8 Å². The Bertz CT molecular complexity index is 517. The molecule has 0 bridgehead atoms. The van der Waals surface area contributed by atoms with Crippen LogP contribution in [0.5, 0.6) is 0 Å². The minimum absolute atomic E-state index is 0.121. The van der Waals surface area contributed by atoms with Crippen LogP contribution in [0.2, 0.25) is 0 Å². The van der Waals surface area contributed by atoms with E-state index in [1.165, 1.54) is 5.56 Å². The maximum absolute atomic E-state index is 12.0. The van der Waals surface area contributed by atoms with E-state index < -0.39 is 0 Å². The zero-order chi connectivity index (χ0) is 15.4. The minimum atomic E-state index is 0.121. The van der Waals surface area contributed by atoms with Gasteiger partial charge in [-0.25, -0.2) is 0 Å². The zero-order valence-electron chi connectivity index (χ0n) is 13.0. The van der Waals surface area contributed by atoms with Crippen molar-refractivity contribution in [2.75, 3.05) is 13.1 Å². The third-order valence-electron chi connectivity index (χ3n) is 4.58. The van der Waals surface area contributed by atoms with E-state index in [1.807, 2.05) is 23.1 Å². The highest BCUT2D eigenvalue weighted by Gasteiger charge is 2.34. The number of aryl methyl sites for hydroxylation is 1. The summed E-state index contributed by atoms with van der Waals surface area (Å²) in [6.45, 7) is 1.58. The highest BCUT2D eigenvalue weighted by atomic mass is 16.2. The van der Waals surface area contributed by atoms with Crippen molar-refractivity contribution < 1.29 is 9.59 Å². The molecule has 1 N–H and O–H groups in total. The van der Waals surface area contributed by atoms with Crippen LogP contribution >= 0.6 is 0 Å². The Labute approximate surface area is 131 Å². The summed E-state index contributed by atoms with van der Waals surface area (Å²) in [5.74, 6) is 0.752. The second-order valence-corrected chi connectivity index (χ2v) is 6.43. The molecule has 0 atom stereocenters. The fourth-order valence-corrected chi connectivity index (χ4v) is 3.04. The van der Waals surface area contributed by atoms with E-state index in [2.05, 4.69) is 17.4 Å². The van der Waals surface area contributed by atoms with Gasteiger partial charge in [0.25, 0.3) is 0 Å². The summed E-state index contributed by atoms with van der Waals surface area (Å²) in [5.41, 5.74) is 1.20. The average Bonchev–Trinajstić information content (AvgIpc) is 3.39. The van der Waals surface area contributed by atoms with E-state index >= 15 is 0 Å². The first kappa shape index (κ1) is 15.1. The van der Waals surface area contributed by atoms with Crippen molar-refractivity contribution in [3.05, 3.63) is 35.9 Å². The lowest BCUT2D eigenvalue weighted by Crippen LogP contribution is -2.47. The van der Waals surface area contributed by atoms with Gasteiger partial charge in [-0.3, -0.25) is 9.59 Å². The Hall–Kier alpha value is -1.84. The van der Waals surface area contributed by atoms with Gasteiger partial charge in [0.05, 0.1) is 0 Å². The van der Waals surface area contributed by atoms with Crippen LogP contribution in [0, 0.1) is 5.92 Å². The highest BCUT2D eigenvalue weighted by Crippen LogP contribution is 2.31. The zero-order valence-corrected chi connectivity index (χ0v) is 13.0. The van der Waals surface area contributed by atoms with Crippen molar-refractivity contribution in [3.8, 4) is 0 Å². The number of nitrogens with zero attached hydrogens (tertiary/aromatic N) is 1. The smallest absolute Gasteiger partial charge is 0.225 e. The Morgan fingerprint density at radius 2 is 1.73 bits per heavy atom. The quantitative estimate of drug-likeness (QED) is 0.905. The summed E-state index contributed by atoms with van der Waals surface area (Å²) in [6.07, 6.45) is 5.21. The first-order chi connectivity index (χ1) is 10.7. The maximum Gasteiger partial charge on any atom is 0.225 e. The number of likely N-dealkylation sites (tertiary alicyclic amines) is 1. The first-order valence-corrected chi connectivity index (χ1v) is 8.34. The van der Waals surface area contributed by atoms with Gasteiger partial charge in [-0.1, -0.05) is 30.3 Å². The molecule has 2 fully saturated rings. The SMILES string of the molecule is O=C(CCc1ccccc1)NC1CCN(C(=O)C2CC2)CC1. The van der Waals surface area contributed by atoms with Gasteiger partial charge in [0.2, 0.25) is 11.8 Å². The summed E-state index contributed by atoms with van der Waals surface area (Å²) in [7, 11) is 0. The third-order valence-corrected chi connectivity index (χ3v) is 4.58. The molecule has 1 saturated carbocycles. The van der Waals surface area contributed by atoms with Crippen molar-refractivity contribution in [1.82, 2.24) is 10.2 Å². The second kappa shape index (κ2) is 6.95. The van der Waals surface area contributed by atoms with Crippen molar-refractivity contribution in [2.24, 2.45) is 5.92 Å². The summed E-state index contributed by atoms with van der Waals surface area (Å²) in [5, 5.41) is 3.12. The molecule has 1 aliphatic carbocycles. The number of piperidine rings is 1. The van der Waals surface area contributed by atoms with Crippen LogP contribution in [0.3, 0.4) is 0 Å².